The average Bonchev–Trinajstić information content (AvgIpc) is 3.09. The molecule has 0 saturated heterocycles. The molecule has 2 saturated carbocycles. The second-order valence-corrected chi connectivity index (χ2v) is 7.87. The molecule has 0 aromatic carbocycles. The van der Waals surface area contributed by atoms with Gasteiger partial charge in [-0.25, -0.2) is 0 Å². The van der Waals surface area contributed by atoms with Crippen LogP contribution in [0.3, 0.4) is 0 Å². The van der Waals surface area contributed by atoms with Crippen LogP contribution in [0.15, 0.2) is 0 Å². The van der Waals surface area contributed by atoms with Gasteiger partial charge in [-0.3, -0.25) is 0 Å². The predicted molar refractivity (Wildman–Crippen MR) is 76.5 cm³/mol. The molecule has 2 nitrogen and oxygen atoms in total. The number of rotatable bonds is 5. The number of hydrogen-bond acceptors (Lipinski definition) is 2. The van der Waals surface area contributed by atoms with Gasteiger partial charge in [-0.15, -0.1) is 0 Å². The standard InChI is InChI=1S/C16H31NO/c1-15(2,3)14-6-4-13(5-7-14)10-17-11-16(12-18)8-9-16/h13-14,17-18H,4-12H2,1-3H3. The molecule has 0 bridgehead atoms. The zero-order valence-corrected chi connectivity index (χ0v) is 12.5. The van der Waals surface area contributed by atoms with E-state index in [0.717, 1.165) is 18.4 Å². The van der Waals surface area contributed by atoms with Crippen molar-refractivity contribution in [3.63, 3.8) is 0 Å². The predicted octanol–water partition coefficient (Wildman–Crippen LogP) is 3.20. The Labute approximate surface area is 113 Å². The van der Waals surface area contributed by atoms with Crippen molar-refractivity contribution in [2.45, 2.75) is 59.3 Å². The quantitative estimate of drug-likeness (QED) is 0.788. The van der Waals surface area contributed by atoms with Crippen LogP contribution in [-0.2, 0) is 0 Å². The van der Waals surface area contributed by atoms with Crippen molar-refractivity contribution in [1.29, 1.82) is 0 Å². The van der Waals surface area contributed by atoms with Crippen LogP contribution >= 0.6 is 0 Å². The van der Waals surface area contributed by atoms with Crippen molar-refractivity contribution in [2.75, 3.05) is 19.7 Å². The molecule has 18 heavy (non-hydrogen) atoms. The van der Waals surface area contributed by atoms with Crippen molar-refractivity contribution in [3.8, 4) is 0 Å². The van der Waals surface area contributed by atoms with E-state index in [1.165, 1.54) is 45.1 Å². The van der Waals surface area contributed by atoms with Gasteiger partial charge < -0.3 is 10.4 Å². The first-order valence-electron chi connectivity index (χ1n) is 7.77. The van der Waals surface area contributed by atoms with E-state index in [9.17, 15) is 5.11 Å². The lowest BCUT2D eigenvalue weighted by atomic mass is 9.70. The first-order chi connectivity index (χ1) is 8.45. The Hall–Kier alpha value is -0.0800. The second-order valence-electron chi connectivity index (χ2n) is 7.87. The summed E-state index contributed by atoms with van der Waals surface area (Å²) in [5, 5.41) is 12.9. The number of aliphatic hydroxyl groups is 1. The highest BCUT2D eigenvalue weighted by Crippen LogP contribution is 2.44. The topological polar surface area (TPSA) is 32.3 Å². The van der Waals surface area contributed by atoms with E-state index in [-0.39, 0.29) is 5.41 Å². The van der Waals surface area contributed by atoms with Gasteiger partial charge in [0.15, 0.2) is 0 Å². The van der Waals surface area contributed by atoms with Crippen LogP contribution in [0.5, 0.6) is 0 Å². The lowest BCUT2D eigenvalue weighted by molar-refractivity contribution is 0.146. The third-order valence-corrected chi connectivity index (χ3v) is 5.30. The van der Waals surface area contributed by atoms with Gasteiger partial charge in [0.05, 0.1) is 0 Å². The summed E-state index contributed by atoms with van der Waals surface area (Å²) in [4.78, 5) is 0. The van der Waals surface area contributed by atoms with Crippen LogP contribution in [0.4, 0.5) is 0 Å². The highest BCUT2D eigenvalue weighted by atomic mass is 16.3. The number of hydrogen-bond donors (Lipinski definition) is 2. The molecular formula is C16H31NO. The van der Waals surface area contributed by atoms with Crippen LogP contribution in [0.25, 0.3) is 0 Å². The first kappa shape index (κ1) is 14.3. The van der Waals surface area contributed by atoms with E-state index in [4.69, 9.17) is 0 Å². The molecule has 0 spiro atoms. The van der Waals surface area contributed by atoms with E-state index < -0.39 is 0 Å². The molecule has 2 N–H and O–H groups in total. The second kappa shape index (κ2) is 5.50. The van der Waals surface area contributed by atoms with E-state index in [2.05, 4.69) is 26.1 Å². The summed E-state index contributed by atoms with van der Waals surface area (Å²) in [7, 11) is 0. The Balaban J connectivity index is 1.62. The van der Waals surface area contributed by atoms with E-state index in [1.807, 2.05) is 0 Å². The maximum Gasteiger partial charge on any atom is 0.0499 e. The Bertz CT molecular complexity index is 257. The third kappa shape index (κ3) is 3.71. The fourth-order valence-electron chi connectivity index (χ4n) is 3.34. The summed E-state index contributed by atoms with van der Waals surface area (Å²) < 4.78 is 0. The zero-order chi connectivity index (χ0) is 13.2. The number of aliphatic hydroxyl groups excluding tert-OH is 1. The molecule has 0 aromatic heterocycles. The van der Waals surface area contributed by atoms with Gasteiger partial charge in [0.1, 0.15) is 0 Å². The van der Waals surface area contributed by atoms with E-state index in [0.29, 0.717) is 12.0 Å². The molecule has 2 aliphatic rings. The number of nitrogens with one attached hydrogen (secondary N) is 1. The van der Waals surface area contributed by atoms with E-state index >= 15 is 0 Å². The first-order valence-corrected chi connectivity index (χ1v) is 7.77. The minimum Gasteiger partial charge on any atom is -0.396 e. The van der Waals surface area contributed by atoms with Gasteiger partial charge in [0.25, 0.3) is 0 Å². The highest BCUT2D eigenvalue weighted by molar-refractivity contribution is 4.94. The van der Waals surface area contributed by atoms with Crippen molar-refractivity contribution >= 4 is 0 Å². The fourth-order valence-corrected chi connectivity index (χ4v) is 3.34. The van der Waals surface area contributed by atoms with Gasteiger partial charge in [-0.2, -0.15) is 0 Å². The van der Waals surface area contributed by atoms with Gasteiger partial charge in [-0.1, -0.05) is 20.8 Å². The van der Waals surface area contributed by atoms with Gasteiger partial charge >= 0.3 is 0 Å². The average molecular weight is 253 g/mol. The summed E-state index contributed by atoms with van der Waals surface area (Å²) in [5.74, 6) is 1.79. The normalized spacial score (nSPS) is 31.3. The lowest BCUT2D eigenvalue weighted by Gasteiger charge is -2.37. The summed E-state index contributed by atoms with van der Waals surface area (Å²) in [5.41, 5.74) is 0.760. The fraction of sp³-hybridized carbons (Fsp3) is 1.00. The maximum absolute atomic E-state index is 9.28. The van der Waals surface area contributed by atoms with Crippen molar-refractivity contribution in [1.82, 2.24) is 5.32 Å². The lowest BCUT2D eigenvalue weighted by Crippen LogP contribution is -2.34. The molecule has 0 unspecified atom stereocenters. The summed E-state index contributed by atoms with van der Waals surface area (Å²) in [6.07, 6.45) is 8.02. The molecule has 2 heteroatoms. The molecule has 0 heterocycles. The monoisotopic (exact) mass is 253 g/mol. The van der Waals surface area contributed by atoms with Crippen LogP contribution in [0.2, 0.25) is 0 Å². The molecule has 0 amide bonds. The maximum atomic E-state index is 9.28. The Morgan fingerprint density at radius 2 is 1.72 bits per heavy atom. The summed E-state index contributed by atoms with van der Waals surface area (Å²) >= 11 is 0. The SMILES string of the molecule is CC(C)(C)C1CCC(CNCC2(CO)CC2)CC1. The minimum atomic E-state index is 0.266. The summed E-state index contributed by atoms with van der Waals surface area (Å²) in [6.45, 7) is 9.72. The Morgan fingerprint density at radius 1 is 1.11 bits per heavy atom. The molecule has 106 valence electrons. The molecule has 2 fully saturated rings. The Kier molecular flexibility index (Phi) is 4.38. The van der Waals surface area contributed by atoms with Gasteiger partial charge in [-0.05, 0) is 62.3 Å². The van der Waals surface area contributed by atoms with Gasteiger partial charge in [0, 0.05) is 18.6 Å². The van der Waals surface area contributed by atoms with Crippen molar-refractivity contribution < 1.29 is 5.11 Å². The zero-order valence-electron chi connectivity index (χ0n) is 12.5. The molecule has 2 aliphatic carbocycles. The highest BCUT2D eigenvalue weighted by Gasteiger charge is 2.41. The van der Waals surface area contributed by atoms with Crippen LogP contribution < -0.4 is 5.32 Å². The van der Waals surface area contributed by atoms with Gasteiger partial charge in [0.2, 0.25) is 0 Å². The molecule has 0 radical (unpaired) electrons. The largest absolute Gasteiger partial charge is 0.396 e. The molecule has 0 atom stereocenters. The molecule has 0 aliphatic heterocycles. The third-order valence-electron chi connectivity index (χ3n) is 5.30. The minimum absolute atomic E-state index is 0.266. The smallest absolute Gasteiger partial charge is 0.0499 e. The van der Waals surface area contributed by atoms with Crippen LogP contribution in [0, 0.1) is 22.7 Å². The van der Waals surface area contributed by atoms with Crippen molar-refractivity contribution in [2.24, 2.45) is 22.7 Å². The van der Waals surface area contributed by atoms with Crippen LogP contribution in [-0.4, -0.2) is 24.8 Å². The van der Waals surface area contributed by atoms with Crippen LogP contribution in [0.1, 0.15) is 59.3 Å². The molecular weight excluding hydrogens is 222 g/mol. The van der Waals surface area contributed by atoms with Crippen molar-refractivity contribution in [3.05, 3.63) is 0 Å². The molecule has 0 aromatic rings. The summed E-state index contributed by atoms with van der Waals surface area (Å²) in [6, 6.07) is 0. The van der Waals surface area contributed by atoms with E-state index in [1.54, 1.807) is 0 Å². The molecule has 2 rings (SSSR count). The Morgan fingerprint density at radius 3 is 2.17 bits per heavy atom.